The first kappa shape index (κ1) is 22.5. The van der Waals surface area contributed by atoms with Crippen LogP contribution in [0.3, 0.4) is 0 Å². The Morgan fingerprint density at radius 1 is 0.944 bits per heavy atom. The Bertz CT molecular complexity index is 1480. The Balaban J connectivity index is 1.62. The van der Waals surface area contributed by atoms with Gasteiger partial charge in [-0.3, -0.25) is 0 Å². The molecular weight excluding hydrogens is 472 g/mol. The van der Waals surface area contributed by atoms with E-state index in [0.29, 0.717) is 22.6 Å². The van der Waals surface area contributed by atoms with Crippen molar-refractivity contribution in [1.82, 2.24) is 14.8 Å². The van der Waals surface area contributed by atoms with Gasteiger partial charge in [-0.05, 0) is 48.6 Å². The molecule has 0 saturated heterocycles. The molecule has 0 radical (unpaired) electrons. The van der Waals surface area contributed by atoms with E-state index in [1.54, 1.807) is 14.2 Å². The maximum absolute atomic E-state index is 6.71. The Labute approximate surface area is 214 Å². The van der Waals surface area contributed by atoms with Crippen LogP contribution in [0.1, 0.15) is 34.4 Å². The zero-order valence-electron chi connectivity index (χ0n) is 20.5. The van der Waals surface area contributed by atoms with Crippen molar-refractivity contribution in [3.63, 3.8) is 0 Å². The third-order valence-corrected chi connectivity index (χ3v) is 7.18. The molecule has 2 atom stereocenters. The molecule has 6 rings (SSSR count). The van der Waals surface area contributed by atoms with Gasteiger partial charge in [0.05, 0.1) is 19.9 Å². The fraction of sp³-hybridized carbons (Fsp3) is 0.214. The number of hydrogen-bond acceptors (Lipinski definition) is 7. The predicted octanol–water partition coefficient (Wildman–Crippen LogP) is 5.89. The van der Waals surface area contributed by atoms with Crippen LogP contribution in [0.25, 0.3) is 5.70 Å². The molecule has 0 amide bonds. The predicted molar refractivity (Wildman–Crippen MR) is 141 cm³/mol. The molecule has 182 valence electrons. The number of para-hydroxylation sites is 1. The van der Waals surface area contributed by atoms with Gasteiger partial charge in [-0.2, -0.15) is 4.98 Å². The first-order valence-corrected chi connectivity index (χ1v) is 12.9. The van der Waals surface area contributed by atoms with E-state index in [4.69, 9.17) is 24.3 Å². The summed E-state index contributed by atoms with van der Waals surface area (Å²) in [5, 5.41) is 9.15. The summed E-state index contributed by atoms with van der Waals surface area (Å²) in [7, 11) is 3.29. The second kappa shape index (κ2) is 8.95. The molecule has 0 aliphatic carbocycles. The lowest BCUT2D eigenvalue weighted by Crippen LogP contribution is -2.32. The highest BCUT2D eigenvalue weighted by Crippen LogP contribution is 2.51. The topological polar surface area (TPSA) is 70.4 Å². The van der Waals surface area contributed by atoms with Crippen molar-refractivity contribution in [2.45, 2.75) is 24.2 Å². The second-order valence-electron chi connectivity index (χ2n) is 8.74. The molecule has 2 aliphatic heterocycles. The molecule has 7 nitrogen and oxygen atoms in total. The van der Waals surface area contributed by atoms with E-state index >= 15 is 0 Å². The van der Waals surface area contributed by atoms with Crippen molar-refractivity contribution in [2.75, 3.05) is 25.8 Å². The van der Waals surface area contributed by atoms with Crippen LogP contribution in [0.5, 0.6) is 17.2 Å². The van der Waals surface area contributed by atoms with Crippen LogP contribution in [-0.4, -0.2) is 35.2 Å². The van der Waals surface area contributed by atoms with Gasteiger partial charge in [0.25, 0.3) is 0 Å². The number of ether oxygens (including phenoxy) is 3. The van der Waals surface area contributed by atoms with Gasteiger partial charge in [-0.15, -0.1) is 5.10 Å². The fourth-order valence-electron chi connectivity index (χ4n) is 4.90. The zero-order valence-corrected chi connectivity index (χ0v) is 21.3. The van der Waals surface area contributed by atoms with Crippen LogP contribution in [0, 0.1) is 6.92 Å². The van der Waals surface area contributed by atoms with Gasteiger partial charge < -0.3 is 19.5 Å². The fourth-order valence-corrected chi connectivity index (χ4v) is 5.25. The molecule has 3 heterocycles. The van der Waals surface area contributed by atoms with Gasteiger partial charge in [0.15, 0.2) is 11.5 Å². The molecule has 1 aromatic heterocycles. The van der Waals surface area contributed by atoms with E-state index in [1.807, 2.05) is 41.3 Å². The molecular formula is C28H26N4O3S. The minimum absolute atomic E-state index is 0.274. The molecule has 36 heavy (non-hydrogen) atoms. The lowest BCUT2D eigenvalue weighted by molar-refractivity contribution is 0.223. The average molecular weight is 499 g/mol. The van der Waals surface area contributed by atoms with E-state index in [9.17, 15) is 0 Å². The van der Waals surface area contributed by atoms with Crippen LogP contribution in [0.15, 0.2) is 77.5 Å². The van der Waals surface area contributed by atoms with E-state index in [-0.39, 0.29) is 12.1 Å². The number of anilines is 1. The Morgan fingerprint density at radius 2 is 1.69 bits per heavy atom. The average Bonchev–Trinajstić information content (AvgIpc) is 3.34. The molecule has 4 aromatic rings. The molecule has 0 unspecified atom stereocenters. The van der Waals surface area contributed by atoms with Crippen LogP contribution >= 0.6 is 11.8 Å². The monoisotopic (exact) mass is 498 g/mol. The number of methoxy groups -OCH3 is 2. The third kappa shape index (κ3) is 3.60. The summed E-state index contributed by atoms with van der Waals surface area (Å²) in [5.74, 6) is 2.86. The van der Waals surface area contributed by atoms with Gasteiger partial charge in [0.2, 0.25) is 11.1 Å². The number of fused-ring (bicyclic) bond motifs is 3. The maximum Gasteiger partial charge on any atom is 0.227 e. The normalized spacial score (nSPS) is 17.9. The Hall–Kier alpha value is -3.91. The van der Waals surface area contributed by atoms with Crippen molar-refractivity contribution in [2.24, 2.45) is 0 Å². The van der Waals surface area contributed by atoms with Crippen LogP contribution in [-0.2, 0) is 0 Å². The zero-order chi connectivity index (χ0) is 24.8. The summed E-state index contributed by atoms with van der Waals surface area (Å²) in [6.45, 7) is 2.09. The summed E-state index contributed by atoms with van der Waals surface area (Å²) in [4.78, 5) is 4.77. The number of nitrogens with zero attached hydrogens (tertiary/aromatic N) is 3. The number of nitrogens with one attached hydrogen (secondary N) is 1. The van der Waals surface area contributed by atoms with E-state index < -0.39 is 0 Å². The first-order valence-electron chi connectivity index (χ1n) is 11.7. The van der Waals surface area contributed by atoms with Gasteiger partial charge in [0, 0.05) is 11.1 Å². The highest BCUT2D eigenvalue weighted by Gasteiger charge is 2.41. The third-order valence-electron chi connectivity index (χ3n) is 6.65. The number of benzene rings is 3. The molecule has 8 heteroatoms. The number of aryl methyl sites for hydroxylation is 1. The Kier molecular flexibility index (Phi) is 5.60. The van der Waals surface area contributed by atoms with Gasteiger partial charge in [0.1, 0.15) is 17.9 Å². The second-order valence-corrected chi connectivity index (χ2v) is 9.52. The van der Waals surface area contributed by atoms with E-state index in [2.05, 4.69) is 48.6 Å². The van der Waals surface area contributed by atoms with Crippen LogP contribution in [0.4, 0.5) is 5.95 Å². The van der Waals surface area contributed by atoms with Gasteiger partial charge in [-0.25, -0.2) is 4.68 Å². The molecule has 1 N–H and O–H groups in total. The highest BCUT2D eigenvalue weighted by molar-refractivity contribution is 7.98. The van der Waals surface area contributed by atoms with E-state index in [1.165, 1.54) is 17.3 Å². The molecule has 0 spiro atoms. The Morgan fingerprint density at radius 3 is 2.44 bits per heavy atom. The largest absolute Gasteiger partial charge is 0.493 e. The first-order chi connectivity index (χ1) is 17.6. The number of thioether (sulfide) groups is 1. The lowest BCUT2D eigenvalue weighted by atomic mass is 9.84. The van der Waals surface area contributed by atoms with Crippen molar-refractivity contribution in [3.8, 4) is 17.2 Å². The highest BCUT2D eigenvalue weighted by atomic mass is 32.2. The molecule has 2 aliphatic rings. The molecule has 0 bridgehead atoms. The SMILES string of the molecule is COc1ccc([C@@H]2C3=C(Nc4nc(SC)nn42)c2ccccc2O[C@H]3c2ccc(C)cc2)cc1OC. The maximum atomic E-state index is 6.71. The lowest BCUT2D eigenvalue weighted by Gasteiger charge is -2.39. The number of hydrogen-bond donors (Lipinski definition) is 1. The van der Waals surface area contributed by atoms with Crippen molar-refractivity contribution in [1.29, 1.82) is 0 Å². The number of aromatic nitrogens is 3. The minimum atomic E-state index is -0.323. The minimum Gasteiger partial charge on any atom is -0.493 e. The molecule has 0 fully saturated rings. The van der Waals surface area contributed by atoms with Crippen LogP contribution < -0.4 is 19.5 Å². The standard InChI is InChI=1S/C28H26N4O3S/c1-16-9-11-17(12-10-16)26-23-24(19-7-5-6-8-20(19)35-26)29-27-30-28(36-4)31-32(27)25(23)18-13-14-21(33-2)22(15-18)34-3/h5-15,25-26H,1-4H3,(H,29,30,31)/t25-,26+/m1/s1. The summed E-state index contributed by atoms with van der Waals surface area (Å²) >= 11 is 1.51. The molecule has 0 saturated carbocycles. The smallest absolute Gasteiger partial charge is 0.227 e. The van der Waals surface area contributed by atoms with Crippen molar-refractivity contribution >= 4 is 23.4 Å². The quantitative estimate of drug-likeness (QED) is 0.344. The summed E-state index contributed by atoms with van der Waals surface area (Å²) in [6.07, 6.45) is 1.66. The van der Waals surface area contributed by atoms with Gasteiger partial charge >= 0.3 is 0 Å². The summed E-state index contributed by atoms with van der Waals surface area (Å²) in [6, 6.07) is 22.3. The van der Waals surface area contributed by atoms with Crippen LogP contribution in [0.2, 0.25) is 0 Å². The summed E-state index contributed by atoms with van der Waals surface area (Å²) in [5.41, 5.74) is 6.33. The molecule has 3 aromatic carbocycles. The summed E-state index contributed by atoms with van der Waals surface area (Å²) < 4.78 is 19.8. The van der Waals surface area contributed by atoms with Crippen molar-refractivity contribution < 1.29 is 14.2 Å². The number of rotatable bonds is 5. The van der Waals surface area contributed by atoms with Crippen molar-refractivity contribution in [3.05, 3.63) is 94.6 Å². The van der Waals surface area contributed by atoms with E-state index in [0.717, 1.165) is 33.7 Å². The van der Waals surface area contributed by atoms with Gasteiger partial charge in [-0.1, -0.05) is 59.8 Å².